The van der Waals surface area contributed by atoms with Crippen molar-refractivity contribution in [1.29, 1.82) is 0 Å². The number of halogens is 1. The van der Waals surface area contributed by atoms with Gasteiger partial charge in [-0.3, -0.25) is 9.78 Å². The van der Waals surface area contributed by atoms with Gasteiger partial charge in [-0.15, -0.1) is 0 Å². The van der Waals surface area contributed by atoms with Gasteiger partial charge in [0.05, 0.1) is 11.7 Å². The average Bonchev–Trinajstić information content (AvgIpc) is 3.51. The largest absolute Gasteiger partial charge is 0.351 e. The van der Waals surface area contributed by atoms with E-state index in [4.69, 9.17) is 23.8 Å². The Labute approximate surface area is 227 Å². The first kappa shape index (κ1) is 25.0. The summed E-state index contributed by atoms with van der Waals surface area (Å²) in [5, 5.41) is 7.85. The second-order valence-electron chi connectivity index (χ2n) is 9.13. The number of nitrogens with zero attached hydrogens (tertiary/aromatic N) is 3. The topological polar surface area (TPSA) is 62.2 Å². The van der Waals surface area contributed by atoms with E-state index in [0.717, 1.165) is 44.6 Å². The lowest BCUT2D eigenvalue weighted by atomic mass is 10.00. The number of rotatable bonds is 6. The van der Waals surface area contributed by atoms with Crippen molar-refractivity contribution in [3.63, 3.8) is 0 Å². The number of aryl methyl sites for hydroxylation is 2. The maximum absolute atomic E-state index is 12.0. The third-order valence-corrected chi connectivity index (χ3v) is 7.42. The van der Waals surface area contributed by atoms with Gasteiger partial charge in [0, 0.05) is 46.6 Å². The maximum Gasteiger partial charge on any atom is 0.224 e. The van der Waals surface area contributed by atoms with E-state index in [1.807, 2.05) is 69.3 Å². The highest BCUT2D eigenvalue weighted by atomic mass is 35.5. The number of aromatic nitrogens is 2. The van der Waals surface area contributed by atoms with Crippen molar-refractivity contribution in [2.75, 3.05) is 10.2 Å². The third kappa shape index (κ3) is 4.84. The highest BCUT2D eigenvalue weighted by molar-refractivity contribution is 7.80. The summed E-state index contributed by atoms with van der Waals surface area (Å²) in [6, 6.07) is 21.8. The van der Waals surface area contributed by atoms with Gasteiger partial charge in [0.2, 0.25) is 5.91 Å². The van der Waals surface area contributed by atoms with Crippen LogP contribution in [0.2, 0.25) is 5.02 Å². The number of hydrogen-bond donors (Lipinski definition) is 2. The van der Waals surface area contributed by atoms with E-state index in [1.165, 1.54) is 0 Å². The summed E-state index contributed by atoms with van der Waals surface area (Å²) in [5.74, 6) is -0.0154. The highest BCUT2D eigenvalue weighted by Crippen LogP contribution is 2.43. The molecule has 2 atom stereocenters. The lowest BCUT2D eigenvalue weighted by Crippen LogP contribution is -2.30. The van der Waals surface area contributed by atoms with Crippen LogP contribution in [0.1, 0.15) is 47.9 Å². The van der Waals surface area contributed by atoms with E-state index in [2.05, 4.69) is 49.5 Å². The predicted molar refractivity (Wildman–Crippen MR) is 154 cm³/mol. The third-order valence-electron chi connectivity index (χ3n) is 6.68. The quantitative estimate of drug-likeness (QED) is 0.273. The Kier molecular flexibility index (Phi) is 7.00. The minimum Gasteiger partial charge on any atom is -0.351 e. The normalized spacial score (nSPS) is 17.1. The molecule has 0 aliphatic carbocycles. The number of hydrogen-bond acceptors (Lipinski definition) is 3. The molecule has 5 rings (SSSR count). The van der Waals surface area contributed by atoms with Crippen LogP contribution in [-0.4, -0.2) is 20.6 Å². The molecule has 2 aromatic carbocycles. The summed E-state index contributed by atoms with van der Waals surface area (Å²) >= 11 is 12.2. The van der Waals surface area contributed by atoms with Gasteiger partial charge in [-0.05, 0) is 97.9 Å². The number of pyridine rings is 1. The molecule has 2 N–H and O–H groups in total. The molecule has 0 radical (unpaired) electrons. The molecule has 37 heavy (non-hydrogen) atoms. The van der Waals surface area contributed by atoms with Crippen molar-refractivity contribution < 1.29 is 4.79 Å². The molecule has 2 aromatic heterocycles. The van der Waals surface area contributed by atoms with E-state index in [9.17, 15) is 4.79 Å². The standard InChI is InChI=1S/C29H28ClN5OS/c1-4-26(36)32-23-13-11-21(17-19(23)3)35-28(27(33-29(35)37)24-8-5-6-14-31-24)25-9-7-15-34(25)20-10-12-22(30)18(2)16-20/h5-17,27-28H,4H2,1-3H3,(H,32,36)(H,33,37)/t27-,28+/m0/s1. The lowest BCUT2D eigenvalue weighted by molar-refractivity contribution is -0.115. The fraction of sp³-hybridized carbons (Fsp3) is 0.207. The Hall–Kier alpha value is -3.68. The molecule has 0 spiro atoms. The molecule has 1 amide bonds. The Balaban J connectivity index is 1.62. The summed E-state index contributed by atoms with van der Waals surface area (Å²) in [4.78, 5) is 18.8. The van der Waals surface area contributed by atoms with Crippen molar-refractivity contribution in [2.45, 2.75) is 39.3 Å². The number of carbonyl (C=O) groups is 1. The predicted octanol–water partition coefficient (Wildman–Crippen LogP) is 6.67. The molecule has 3 heterocycles. The number of anilines is 2. The van der Waals surface area contributed by atoms with Crippen LogP contribution in [0.5, 0.6) is 0 Å². The molecule has 6 nitrogen and oxygen atoms in total. The number of benzene rings is 2. The Morgan fingerprint density at radius 2 is 1.84 bits per heavy atom. The summed E-state index contributed by atoms with van der Waals surface area (Å²) in [5.41, 5.74) is 6.70. The summed E-state index contributed by atoms with van der Waals surface area (Å²) in [7, 11) is 0. The average molecular weight is 530 g/mol. The summed E-state index contributed by atoms with van der Waals surface area (Å²) < 4.78 is 2.18. The molecular formula is C29H28ClN5OS. The first-order valence-electron chi connectivity index (χ1n) is 12.2. The zero-order valence-corrected chi connectivity index (χ0v) is 22.5. The Morgan fingerprint density at radius 1 is 1.05 bits per heavy atom. The first-order valence-corrected chi connectivity index (χ1v) is 13.0. The first-order chi connectivity index (χ1) is 17.9. The van der Waals surface area contributed by atoms with Gasteiger partial charge in [0.15, 0.2) is 5.11 Å². The second-order valence-corrected chi connectivity index (χ2v) is 9.93. The lowest BCUT2D eigenvalue weighted by Gasteiger charge is -2.29. The van der Waals surface area contributed by atoms with Crippen molar-refractivity contribution in [3.05, 3.63) is 107 Å². The summed E-state index contributed by atoms with van der Waals surface area (Å²) in [6.07, 6.45) is 4.29. The van der Waals surface area contributed by atoms with Crippen LogP contribution in [0.3, 0.4) is 0 Å². The van der Waals surface area contributed by atoms with Crippen molar-refractivity contribution in [1.82, 2.24) is 14.9 Å². The number of thiocarbonyl (C=S) groups is 1. The van der Waals surface area contributed by atoms with Crippen LogP contribution in [-0.2, 0) is 4.79 Å². The molecule has 0 unspecified atom stereocenters. The molecule has 1 aliphatic heterocycles. The maximum atomic E-state index is 12.0. The van der Waals surface area contributed by atoms with Gasteiger partial charge in [-0.1, -0.05) is 24.6 Å². The SMILES string of the molecule is CCC(=O)Nc1ccc(N2C(=S)N[C@@H](c3ccccn3)[C@H]2c2cccn2-c2ccc(Cl)c(C)c2)cc1C. The van der Waals surface area contributed by atoms with Crippen LogP contribution >= 0.6 is 23.8 Å². The fourth-order valence-electron chi connectivity index (χ4n) is 4.76. The number of nitrogens with one attached hydrogen (secondary N) is 2. The highest BCUT2D eigenvalue weighted by Gasteiger charge is 2.42. The van der Waals surface area contributed by atoms with Crippen LogP contribution < -0.4 is 15.5 Å². The number of carbonyl (C=O) groups excluding carboxylic acids is 1. The molecule has 1 saturated heterocycles. The van der Waals surface area contributed by atoms with Gasteiger partial charge in [0.1, 0.15) is 6.04 Å². The molecule has 0 bridgehead atoms. The molecule has 8 heteroatoms. The zero-order chi connectivity index (χ0) is 26.1. The smallest absolute Gasteiger partial charge is 0.224 e. The van der Waals surface area contributed by atoms with Gasteiger partial charge in [-0.25, -0.2) is 0 Å². The minimum atomic E-state index is -0.177. The van der Waals surface area contributed by atoms with Gasteiger partial charge >= 0.3 is 0 Å². The summed E-state index contributed by atoms with van der Waals surface area (Å²) in [6.45, 7) is 5.84. The van der Waals surface area contributed by atoms with Gasteiger partial charge in [0.25, 0.3) is 0 Å². The van der Waals surface area contributed by atoms with E-state index < -0.39 is 0 Å². The van der Waals surface area contributed by atoms with Crippen molar-refractivity contribution in [3.8, 4) is 5.69 Å². The minimum absolute atomic E-state index is 0.0154. The van der Waals surface area contributed by atoms with Gasteiger partial charge < -0.3 is 20.1 Å². The van der Waals surface area contributed by atoms with Crippen LogP contribution in [0.25, 0.3) is 5.69 Å². The molecule has 4 aromatic rings. The van der Waals surface area contributed by atoms with E-state index in [0.29, 0.717) is 11.5 Å². The molecule has 0 saturated carbocycles. The molecule has 1 aliphatic rings. The van der Waals surface area contributed by atoms with Crippen molar-refractivity contribution in [2.24, 2.45) is 0 Å². The van der Waals surface area contributed by atoms with E-state index >= 15 is 0 Å². The second kappa shape index (κ2) is 10.4. The van der Waals surface area contributed by atoms with Crippen LogP contribution in [0.4, 0.5) is 11.4 Å². The molecular weight excluding hydrogens is 502 g/mol. The van der Waals surface area contributed by atoms with Crippen LogP contribution in [0.15, 0.2) is 79.1 Å². The monoisotopic (exact) mass is 529 g/mol. The Bertz CT molecular complexity index is 1470. The number of amides is 1. The van der Waals surface area contributed by atoms with Crippen LogP contribution in [0, 0.1) is 13.8 Å². The van der Waals surface area contributed by atoms with E-state index in [-0.39, 0.29) is 18.0 Å². The fourth-order valence-corrected chi connectivity index (χ4v) is 5.22. The molecule has 1 fully saturated rings. The van der Waals surface area contributed by atoms with E-state index in [1.54, 1.807) is 6.20 Å². The molecule has 188 valence electrons. The Morgan fingerprint density at radius 3 is 2.54 bits per heavy atom. The van der Waals surface area contributed by atoms with Gasteiger partial charge in [-0.2, -0.15) is 0 Å². The van der Waals surface area contributed by atoms with Crippen molar-refractivity contribution >= 4 is 46.2 Å². The zero-order valence-electron chi connectivity index (χ0n) is 20.9.